The van der Waals surface area contributed by atoms with Gasteiger partial charge in [-0.05, 0) is 50.1 Å². The van der Waals surface area contributed by atoms with Crippen LogP contribution >= 0.6 is 23.2 Å². The molecule has 100 valence electrons. The maximum atomic E-state index is 9.86. The minimum absolute atomic E-state index is 0.126. The summed E-state index contributed by atoms with van der Waals surface area (Å²) in [4.78, 5) is 7.70. The molecule has 1 aliphatic carbocycles. The summed E-state index contributed by atoms with van der Waals surface area (Å²) in [6, 6.07) is 0. The molecule has 1 aromatic rings. The van der Waals surface area contributed by atoms with Gasteiger partial charge in [0.25, 0.3) is 0 Å². The van der Waals surface area contributed by atoms with Crippen LogP contribution in [0.2, 0.25) is 10.3 Å². The standard InChI is InChI=1S/C12H16Cl2N2O2/c1-12(17)4-2-8(3-5-12)7-18-10-9(13)6-15-11(14)16-10/h6,8,17H,2-5,7H2,1H3. The van der Waals surface area contributed by atoms with E-state index in [9.17, 15) is 5.11 Å². The Morgan fingerprint density at radius 3 is 2.78 bits per heavy atom. The second-order valence-corrected chi connectivity index (χ2v) is 5.79. The van der Waals surface area contributed by atoms with Crippen molar-refractivity contribution in [2.45, 2.75) is 38.2 Å². The van der Waals surface area contributed by atoms with Gasteiger partial charge < -0.3 is 9.84 Å². The Morgan fingerprint density at radius 1 is 1.44 bits per heavy atom. The highest BCUT2D eigenvalue weighted by Crippen LogP contribution is 2.32. The van der Waals surface area contributed by atoms with Crippen LogP contribution in [0, 0.1) is 5.92 Å². The molecule has 1 aliphatic rings. The van der Waals surface area contributed by atoms with Crippen LogP contribution in [0.1, 0.15) is 32.6 Å². The highest BCUT2D eigenvalue weighted by atomic mass is 35.5. The maximum Gasteiger partial charge on any atom is 0.237 e. The van der Waals surface area contributed by atoms with E-state index >= 15 is 0 Å². The van der Waals surface area contributed by atoms with Crippen molar-refractivity contribution in [2.24, 2.45) is 5.92 Å². The first-order valence-corrected chi connectivity index (χ1v) is 6.75. The fourth-order valence-corrected chi connectivity index (χ4v) is 2.37. The molecule has 1 N–H and O–H groups in total. The smallest absolute Gasteiger partial charge is 0.237 e. The molecule has 0 aliphatic heterocycles. The Hall–Kier alpha value is -0.580. The van der Waals surface area contributed by atoms with Gasteiger partial charge >= 0.3 is 0 Å². The first-order chi connectivity index (χ1) is 8.46. The van der Waals surface area contributed by atoms with Crippen LogP contribution in [0.3, 0.4) is 0 Å². The third kappa shape index (κ3) is 3.70. The zero-order chi connectivity index (χ0) is 13.2. The van der Waals surface area contributed by atoms with Gasteiger partial charge in [0.05, 0.1) is 18.4 Å². The third-order valence-corrected chi connectivity index (χ3v) is 3.76. The van der Waals surface area contributed by atoms with E-state index in [-0.39, 0.29) is 5.28 Å². The second kappa shape index (κ2) is 5.59. The van der Waals surface area contributed by atoms with Gasteiger partial charge in [-0.1, -0.05) is 11.6 Å². The molecular weight excluding hydrogens is 275 g/mol. The fourth-order valence-electron chi connectivity index (χ4n) is 2.10. The molecule has 1 saturated carbocycles. The minimum Gasteiger partial charge on any atom is -0.476 e. The van der Waals surface area contributed by atoms with Gasteiger partial charge in [0.1, 0.15) is 5.02 Å². The molecule has 1 fully saturated rings. The lowest BCUT2D eigenvalue weighted by atomic mass is 9.80. The third-order valence-electron chi connectivity index (χ3n) is 3.32. The van der Waals surface area contributed by atoms with Gasteiger partial charge in [0.2, 0.25) is 11.2 Å². The van der Waals surface area contributed by atoms with Crippen molar-refractivity contribution in [1.29, 1.82) is 0 Å². The summed E-state index contributed by atoms with van der Waals surface area (Å²) in [5, 5.41) is 10.3. The van der Waals surface area contributed by atoms with Crippen LogP contribution in [0.15, 0.2) is 6.20 Å². The Balaban J connectivity index is 1.87. The van der Waals surface area contributed by atoms with Gasteiger partial charge in [0.15, 0.2) is 0 Å². The number of hydrogen-bond acceptors (Lipinski definition) is 4. The highest BCUT2D eigenvalue weighted by molar-refractivity contribution is 6.32. The predicted molar refractivity (Wildman–Crippen MR) is 70.1 cm³/mol. The zero-order valence-corrected chi connectivity index (χ0v) is 11.7. The van der Waals surface area contributed by atoms with Crippen molar-refractivity contribution in [3.63, 3.8) is 0 Å². The number of ether oxygens (including phenoxy) is 1. The Labute approximate surface area is 116 Å². The molecule has 18 heavy (non-hydrogen) atoms. The van der Waals surface area contributed by atoms with Crippen LogP contribution < -0.4 is 4.74 Å². The molecule has 0 saturated heterocycles. The molecular formula is C12H16Cl2N2O2. The monoisotopic (exact) mass is 290 g/mol. The number of aromatic nitrogens is 2. The van der Waals surface area contributed by atoms with Crippen LogP contribution in [-0.4, -0.2) is 27.3 Å². The average molecular weight is 291 g/mol. The van der Waals surface area contributed by atoms with Crippen molar-refractivity contribution >= 4 is 23.2 Å². The van der Waals surface area contributed by atoms with Gasteiger partial charge in [-0.3, -0.25) is 0 Å². The van der Waals surface area contributed by atoms with Gasteiger partial charge in [0, 0.05) is 0 Å². The molecule has 0 atom stereocenters. The quantitative estimate of drug-likeness (QED) is 0.869. The fraction of sp³-hybridized carbons (Fsp3) is 0.667. The SMILES string of the molecule is CC1(O)CCC(COc2nc(Cl)ncc2Cl)CC1. The molecule has 1 aromatic heterocycles. The molecule has 0 amide bonds. The first kappa shape index (κ1) is 13.8. The van der Waals surface area contributed by atoms with Gasteiger partial charge in [-0.2, -0.15) is 4.98 Å². The summed E-state index contributed by atoms with van der Waals surface area (Å²) < 4.78 is 5.58. The van der Waals surface area contributed by atoms with E-state index in [0.717, 1.165) is 25.7 Å². The normalized spacial score (nSPS) is 28.1. The Kier molecular flexibility index (Phi) is 4.30. The van der Waals surface area contributed by atoms with E-state index in [4.69, 9.17) is 27.9 Å². The van der Waals surface area contributed by atoms with Gasteiger partial charge in [-0.25, -0.2) is 4.98 Å². The molecule has 2 rings (SSSR count). The summed E-state index contributed by atoms with van der Waals surface area (Å²) >= 11 is 11.6. The van der Waals surface area contributed by atoms with E-state index in [0.29, 0.717) is 23.4 Å². The van der Waals surface area contributed by atoms with Crippen molar-refractivity contribution in [2.75, 3.05) is 6.61 Å². The zero-order valence-electron chi connectivity index (χ0n) is 10.2. The second-order valence-electron chi connectivity index (χ2n) is 5.04. The predicted octanol–water partition coefficient (Wildman–Crippen LogP) is 3.10. The van der Waals surface area contributed by atoms with Crippen LogP contribution in [0.4, 0.5) is 0 Å². The van der Waals surface area contributed by atoms with E-state index in [1.807, 2.05) is 6.92 Å². The summed E-state index contributed by atoms with van der Waals surface area (Å²) in [6.45, 7) is 2.42. The van der Waals surface area contributed by atoms with Crippen molar-refractivity contribution in [3.8, 4) is 5.88 Å². The molecule has 0 aromatic carbocycles. The summed E-state index contributed by atoms with van der Waals surface area (Å²) in [6.07, 6.45) is 4.93. The van der Waals surface area contributed by atoms with Crippen molar-refractivity contribution in [1.82, 2.24) is 9.97 Å². The molecule has 4 nitrogen and oxygen atoms in total. The van der Waals surface area contributed by atoms with E-state index in [1.165, 1.54) is 6.20 Å². The number of rotatable bonds is 3. The van der Waals surface area contributed by atoms with E-state index < -0.39 is 5.60 Å². The molecule has 0 radical (unpaired) electrons. The number of hydrogen-bond donors (Lipinski definition) is 1. The van der Waals surface area contributed by atoms with E-state index in [2.05, 4.69) is 9.97 Å². The topological polar surface area (TPSA) is 55.2 Å². The van der Waals surface area contributed by atoms with Crippen LogP contribution in [0.25, 0.3) is 0 Å². The van der Waals surface area contributed by atoms with E-state index in [1.54, 1.807) is 0 Å². The molecule has 0 unspecified atom stereocenters. The largest absolute Gasteiger partial charge is 0.476 e. The van der Waals surface area contributed by atoms with Crippen LogP contribution in [0.5, 0.6) is 5.88 Å². The lowest BCUT2D eigenvalue weighted by molar-refractivity contribution is 0.00128. The van der Waals surface area contributed by atoms with Crippen molar-refractivity contribution in [3.05, 3.63) is 16.5 Å². The molecule has 0 spiro atoms. The number of nitrogens with zero attached hydrogens (tertiary/aromatic N) is 2. The average Bonchev–Trinajstić information content (AvgIpc) is 2.32. The molecule has 0 bridgehead atoms. The lowest BCUT2D eigenvalue weighted by Crippen LogP contribution is -2.32. The van der Waals surface area contributed by atoms with Crippen molar-refractivity contribution < 1.29 is 9.84 Å². The summed E-state index contributed by atoms with van der Waals surface area (Å²) in [7, 11) is 0. The number of aliphatic hydroxyl groups is 1. The summed E-state index contributed by atoms with van der Waals surface area (Å²) in [5.74, 6) is 0.754. The Bertz CT molecular complexity index is 417. The molecule has 6 heteroatoms. The minimum atomic E-state index is -0.521. The first-order valence-electron chi connectivity index (χ1n) is 5.99. The highest BCUT2D eigenvalue weighted by Gasteiger charge is 2.29. The maximum absolute atomic E-state index is 9.86. The van der Waals surface area contributed by atoms with Crippen LogP contribution in [-0.2, 0) is 0 Å². The lowest BCUT2D eigenvalue weighted by Gasteiger charge is -2.32. The van der Waals surface area contributed by atoms with Gasteiger partial charge in [-0.15, -0.1) is 0 Å². The Morgan fingerprint density at radius 2 is 2.11 bits per heavy atom. The summed E-state index contributed by atoms with van der Waals surface area (Å²) in [5.41, 5.74) is -0.521. The number of halogens is 2. The molecule has 1 heterocycles.